The largest absolute Gasteiger partial charge is 0.416 e. The highest BCUT2D eigenvalue weighted by Crippen LogP contribution is 2.35. The molecule has 7 nitrogen and oxygen atoms in total. The number of nitrogens with one attached hydrogen (secondary N) is 2. The maximum Gasteiger partial charge on any atom is 0.416 e. The molecule has 1 amide bonds. The number of carbonyl (C=O) groups is 1. The van der Waals surface area contributed by atoms with Crippen LogP contribution >= 0.6 is 0 Å². The van der Waals surface area contributed by atoms with Crippen molar-refractivity contribution in [1.82, 2.24) is 25.3 Å². The average molecular weight is 431 g/mol. The van der Waals surface area contributed by atoms with Crippen molar-refractivity contribution in [3.8, 4) is 11.6 Å². The van der Waals surface area contributed by atoms with Gasteiger partial charge in [0.1, 0.15) is 5.69 Å². The number of carbonyl (C=O) groups excluding carboxylic acids is 1. The van der Waals surface area contributed by atoms with Crippen LogP contribution in [-0.4, -0.2) is 25.8 Å². The maximum absolute atomic E-state index is 12.9. The molecule has 0 saturated heterocycles. The summed E-state index contributed by atoms with van der Waals surface area (Å²) in [5, 5.41) is 2.78. The molecule has 0 saturated carbocycles. The molecule has 0 spiro atoms. The van der Waals surface area contributed by atoms with Gasteiger partial charge in [0.25, 0.3) is 11.5 Å². The van der Waals surface area contributed by atoms with E-state index in [0.717, 1.165) is 18.2 Å². The zero-order valence-corrected chi connectivity index (χ0v) is 17.0. The van der Waals surface area contributed by atoms with Crippen LogP contribution in [0.2, 0.25) is 0 Å². The third kappa shape index (κ3) is 5.33. The second kappa shape index (κ2) is 8.29. The van der Waals surface area contributed by atoms with Gasteiger partial charge in [-0.25, -0.2) is 15.0 Å². The van der Waals surface area contributed by atoms with Crippen LogP contribution in [0.15, 0.2) is 53.6 Å². The van der Waals surface area contributed by atoms with E-state index in [1.54, 1.807) is 6.07 Å². The fourth-order valence-electron chi connectivity index (χ4n) is 2.97. The Labute approximate surface area is 175 Å². The van der Waals surface area contributed by atoms with Crippen LogP contribution in [0.5, 0.6) is 0 Å². The minimum absolute atomic E-state index is 0.0279. The molecule has 162 valence electrons. The standard InChI is InChI=1S/C21H20F3N5O2/c1-20(2,3)16(12-5-7-13(8-6-12)21(22,23)24)29-19(31)14-11-15(30)28-18(27-14)17-25-9-4-10-26-17/h4-11,16H,1-3H3,(H,29,31)(H,27,28,30)/t16-/m0/s1. The highest BCUT2D eigenvalue weighted by Gasteiger charge is 2.32. The van der Waals surface area contributed by atoms with Gasteiger partial charge in [-0.15, -0.1) is 0 Å². The van der Waals surface area contributed by atoms with Crippen LogP contribution in [0.3, 0.4) is 0 Å². The lowest BCUT2D eigenvalue weighted by atomic mass is 9.82. The number of H-pyrrole nitrogens is 1. The Balaban J connectivity index is 1.92. The smallest absolute Gasteiger partial charge is 0.343 e. The van der Waals surface area contributed by atoms with Gasteiger partial charge in [0.15, 0.2) is 11.6 Å². The van der Waals surface area contributed by atoms with Crippen LogP contribution < -0.4 is 10.9 Å². The van der Waals surface area contributed by atoms with E-state index in [-0.39, 0.29) is 17.3 Å². The topological polar surface area (TPSA) is 101 Å². The van der Waals surface area contributed by atoms with Gasteiger partial charge in [-0.3, -0.25) is 9.59 Å². The number of hydrogen-bond donors (Lipinski definition) is 2. The van der Waals surface area contributed by atoms with E-state index in [4.69, 9.17) is 0 Å². The number of amides is 1. The van der Waals surface area contributed by atoms with Crippen molar-refractivity contribution in [2.75, 3.05) is 0 Å². The number of benzene rings is 1. The van der Waals surface area contributed by atoms with Gasteiger partial charge < -0.3 is 10.3 Å². The van der Waals surface area contributed by atoms with Crippen molar-refractivity contribution in [3.05, 3.63) is 76.0 Å². The van der Waals surface area contributed by atoms with Crippen molar-refractivity contribution >= 4 is 5.91 Å². The Kier molecular flexibility index (Phi) is 5.92. The number of alkyl halides is 3. The van der Waals surface area contributed by atoms with Crippen LogP contribution in [-0.2, 0) is 6.18 Å². The molecule has 1 atom stereocenters. The zero-order valence-electron chi connectivity index (χ0n) is 17.0. The van der Waals surface area contributed by atoms with Crippen LogP contribution in [0.1, 0.15) is 48.4 Å². The highest BCUT2D eigenvalue weighted by atomic mass is 19.4. The molecule has 0 aliphatic heterocycles. The summed E-state index contributed by atoms with van der Waals surface area (Å²) in [5.74, 6) is -0.479. The fraction of sp³-hybridized carbons (Fsp3) is 0.286. The monoisotopic (exact) mass is 431 g/mol. The number of hydrogen-bond acceptors (Lipinski definition) is 5. The molecule has 3 rings (SSSR count). The van der Waals surface area contributed by atoms with Crippen molar-refractivity contribution in [2.45, 2.75) is 33.0 Å². The van der Waals surface area contributed by atoms with Gasteiger partial charge in [-0.2, -0.15) is 13.2 Å². The van der Waals surface area contributed by atoms with Crippen molar-refractivity contribution in [3.63, 3.8) is 0 Å². The normalized spacial score (nSPS) is 13.0. The summed E-state index contributed by atoms with van der Waals surface area (Å²) >= 11 is 0. The van der Waals surface area contributed by atoms with E-state index in [2.05, 4.69) is 25.3 Å². The minimum atomic E-state index is -4.45. The first kappa shape index (κ1) is 22.1. The van der Waals surface area contributed by atoms with Gasteiger partial charge in [0.05, 0.1) is 11.6 Å². The first-order valence-corrected chi connectivity index (χ1v) is 9.32. The summed E-state index contributed by atoms with van der Waals surface area (Å²) in [5.41, 5.74) is -1.55. The number of rotatable bonds is 4. The van der Waals surface area contributed by atoms with E-state index in [1.807, 2.05) is 20.8 Å². The van der Waals surface area contributed by atoms with E-state index >= 15 is 0 Å². The number of aromatic amines is 1. The third-order valence-corrected chi connectivity index (χ3v) is 4.46. The molecule has 2 heterocycles. The molecule has 31 heavy (non-hydrogen) atoms. The summed E-state index contributed by atoms with van der Waals surface area (Å²) in [7, 11) is 0. The van der Waals surface area contributed by atoms with Crippen molar-refractivity contribution in [1.29, 1.82) is 0 Å². The predicted octanol–water partition coefficient (Wildman–Crippen LogP) is 3.76. The molecule has 2 aromatic heterocycles. The first-order chi connectivity index (χ1) is 14.4. The van der Waals surface area contributed by atoms with E-state index in [9.17, 15) is 22.8 Å². The van der Waals surface area contributed by atoms with Crippen molar-refractivity contribution < 1.29 is 18.0 Å². The van der Waals surface area contributed by atoms with E-state index < -0.39 is 34.7 Å². The summed E-state index contributed by atoms with van der Waals surface area (Å²) in [6.07, 6.45) is -1.52. The first-order valence-electron chi connectivity index (χ1n) is 9.32. The third-order valence-electron chi connectivity index (χ3n) is 4.46. The molecule has 0 fully saturated rings. The molecule has 2 N–H and O–H groups in total. The van der Waals surface area contributed by atoms with Crippen LogP contribution in [0.4, 0.5) is 13.2 Å². The quantitative estimate of drug-likeness (QED) is 0.655. The fourth-order valence-corrected chi connectivity index (χ4v) is 2.97. The molecular formula is C21H20F3N5O2. The maximum atomic E-state index is 12.9. The highest BCUT2D eigenvalue weighted by molar-refractivity contribution is 5.92. The lowest BCUT2D eigenvalue weighted by Crippen LogP contribution is -2.37. The molecule has 0 radical (unpaired) electrons. The second-order valence-corrected chi connectivity index (χ2v) is 7.94. The molecule has 0 unspecified atom stereocenters. The Morgan fingerprint density at radius 2 is 1.68 bits per heavy atom. The van der Waals surface area contributed by atoms with Gasteiger partial charge in [-0.1, -0.05) is 32.9 Å². The van der Waals surface area contributed by atoms with E-state index in [0.29, 0.717) is 5.56 Å². The Bertz CT molecular complexity index is 1120. The summed E-state index contributed by atoms with van der Waals surface area (Å²) in [6.45, 7) is 5.51. The molecular weight excluding hydrogens is 411 g/mol. The van der Waals surface area contributed by atoms with Gasteiger partial charge in [0.2, 0.25) is 0 Å². The average Bonchev–Trinajstić information content (AvgIpc) is 2.70. The van der Waals surface area contributed by atoms with Crippen LogP contribution in [0.25, 0.3) is 11.6 Å². The lowest BCUT2D eigenvalue weighted by molar-refractivity contribution is -0.137. The number of nitrogens with zero attached hydrogens (tertiary/aromatic N) is 3. The molecule has 10 heteroatoms. The second-order valence-electron chi connectivity index (χ2n) is 7.94. The van der Waals surface area contributed by atoms with Gasteiger partial charge in [0, 0.05) is 18.5 Å². The SMILES string of the molecule is CC(C)(C)[C@@H](NC(=O)c1cc(=O)[nH]c(-c2ncccn2)n1)c1ccc(C(F)(F)F)cc1. The Morgan fingerprint density at radius 1 is 1.06 bits per heavy atom. The van der Waals surface area contributed by atoms with Crippen LogP contribution in [0, 0.1) is 5.41 Å². The number of aromatic nitrogens is 4. The molecule has 3 aromatic rings. The predicted molar refractivity (Wildman–Crippen MR) is 107 cm³/mol. The lowest BCUT2D eigenvalue weighted by Gasteiger charge is -2.32. The number of halogens is 3. The zero-order chi connectivity index (χ0) is 22.8. The molecule has 0 bridgehead atoms. The summed E-state index contributed by atoms with van der Waals surface area (Å²) in [4.78, 5) is 39.5. The van der Waals surface area contributed by atoms with E-state index in [1.165, 1.54) is 24.5 Å². The summed E-state index contributed by atoms with van der Waals surface area (Å²) in [6, 6.07) is 6.58. The summed E-state index contributed by atoms with van der Waals surface area (Å²) < 4.78 is 38.6. The molecule has 0 aliphatic rings. The van der Waals surface area contributed by atoms with Crippen molar-refractivity contribution in [2.24, 2.45) is 5.41 Å². The Hall–Kier alpha value is -3.56. The molecule has 1 aromatic carbocycles. The minimum Gasteiger partial charge on any atom is -0.343 e. The van der Waals surface area contributed by atoms with Gasteiger partial charge in [-0.05, 0) is 29.2 Å². The Morgan fingerprint density at radius 3 is 2.23 bits per heavy atom. The molecule has 0 aliphatic carbocycles. The van der Waals surface area contributed by atoms with Gasteiger partial charge >= 0.3 is 6.18 Å².